The summed E-state index contributed by atoms with van der Waals surface area (Å²) in [6, 6.07) is 4.37. The highest BCUT2D eigenvalue weighted by atomic mass is 32.2. The van der Waals surface area contributed by atoms with Gasteiger partial charge in [0.15, 0.2) is 9.84 Å². The summed E-state index contributed by atoms with van der Waals surface area (Å²) in [6.07, 6.45) is 1.98. The Morgan fingerprint density at radius 1 is 1.47 bits per heavy atom. The maximum Gasteiger partial charge on any atom is 0.153 e. The van der Waals surface area contributed by atoms with Crippen LogP contribution < -0.4 is 5.32 Å². The molecule has 1 aromatic rings. The molecule has 1 aromatic heterocycles. The van der Waals surface area contributed by atoms with Crippen LogP contribution >= 0.6 is 11.3 Å². The average molecular weight is 302 g/mol. The van der Waals surface area contributed by atoms with Crippen molar-refractivity contribution in [3.8, 4) is 0 Å². The van der Waals surface area contributed by atoms with Crippen molar-refractivity contribution in [2.75, 3.05) is 38.2 Å². The fourth-order valence-corrected chi connectivity index (χ4v) is 4.49. The Labute approximate surface area is 119 Å². The van der Waals surface area contributed by atoms with Gasteiger partial charge >= 0.3 is 0 Å². The zero-order valence-electron chi connectivity index (χ0n) is 11.3. The van der Waals surface area contributed by atoms with E-state index in [4.69, 9.17) is 0 Å². The molecule has 0 radical (unpaired) electrons. The van der Waals surface area contributed by atoms with Gasteiger partial charge in [0.25, 0.3) is 0 Å². The second-order valence-electron chi connectivity index (χ2n) is 5.19. The van der Waals surface area contributed by atoms with E-state index in [0.29, 0.717) is 12.3 Å². The third-order valence-corrected chi connectivity index (χ3v) is 6.15. The topological polar surface area (TPSA) is 49.4 Å². The summed E-state index contributed by atoms with van der Waals surface area (Å²) in [7, 11) is -0.705. The first kappa shape index (κ1) is 15.0. The zero-order valence-corrected chi connectivity index (χ0v) is 13.0. The van der Waals surface area contributed by atoms with Crippen LogP contribution in [0.3, 0.4) is 0 Å². The second kappa shape index (κ2) is 6.83. The van der Waals surface area contributed by atoms with Crippen LogP contribution in [0.5, 0.6) is 0 Å². The number of hydrogen-bond acceptors (Lipinski definition) is 5. The lowest BCUT2D eigenvalue weighted by atomic mass is 10.2. The van der Waals surface area contributed by atoms with E-state index in [1.807, 2.05) is 0 Å². The first-order valence-electron chi connectivity index (χ1n) is 6.70. The van der Waals surface area contributed by atoms with Crippen LogP contribution in [0.2, 0.25) is 0 Å². The second-order valence-corrected chi connectivity index (χ2v) is 8.45. The number of nitrogens with one attached hydrogen (secondary N) is 1. The van der Waals surface area contributed by atoms with E-state index < -0.39 is 9.84 Å². The van der Waals surface area contributed by atoms with Gasteiger partial charge in [-0.3, -0.25) is 0 Å². The molecule has 1 aliphatic heterocycles. The minimum atomic E-state index is -2.81. The first-order chi connectivity index (χ1) is 9.05. The van der Waals surface area contributed by atoms with E-state index in [-0.39, 0.29) is 11.8 Å². The minimum absolute atomic E-state index is 0.128. The molecule has 1 saturated heterocycles. The van der Waals surface area contributed by atoms with Crippen molar-refractivity contribution in [1.29, 1.82) is 0 Å². The summed E-state index contributed by atoms with van der Waals surface area (Å²) in [5, 5.41) is 5.40. The number of sulfone groups is 1. The van der Waals surface area contributed by atoms with Gasteiger partial charge in [0.2, 0.25) is 0 Å². The molecule has 2 heterocycles. The molecule has 0 bridgehead atoms. The maximum absolute atomic E-state index is 11.5. The average Bonchev–Trinajstić information content (AvgIpc) is 2.86. The molecular formula is C13H22N2O2S2. The third-order valence-electron chi connectivity index (χ3n) is 3.48. The standard InChI is InChI=1S/C13H22N2O2S2/c1-15(8-5-13-3-2-9-18-13)7-4-12-11-19(16,17)10-6-14-12/h2-3,9,12,14H,4-8,10-11H2,1H3. The Balaban J connectivity index is 1.67. The summed E-state index contributed by atoms with van der Waals surface area (Å²) < 4.78 is 23.1. The number of likely N-dealkylation sites (N-methyl/N-ethyl adjacent to an activating group) is 1. The highest BCUT2D eigenvalue weighted by molar-refractivity contribution is 7.91. The predicted molar refractivity (Wildman–Crippen MR) is 80.6 cm³/mol. The van der Waals surface area contributed by atoms with Crippen LogP contribution in [0.1, 0.15) is 11.3 Å². The highest BCUT2D eigenvalue weighted by Gasteiger charge is 2.23. The quantitative estimate of drug-likeness (QED) is 0.852. The van der Waals surface area contributed by atoms with E-state index in [9.17, 15) is 8.42 Å². The van der Waals surface area contributed by atoms with Crippen molar-refractivity contribution in [3.05, 3.63) is 22.4 Å². The van der Waals surface area contributed by atoms with Crippen molar-refractivity contribution in [3.63, 3.8) is 0 Å². The van der Waals surface area contributed by atoms with Crippen LogP contribution in [-0.4, -0.2) is 57.5 Å². The largest absolute Gasteiger partial charge is 0.312 e. The van der Waals surface area contributed by atoms with Gasteiger partial charge in [-0.1, -0.05) is 6.07 Å². The van der Waals surface area contributed by atoms with Gasteiger partial charge in [-0.15, -0.1) is 11.3 Å². The van der Waals surface area contributed by atoms with Crippen molar-refractivity contribution in [2.24, 2.45) is 0 Å². The normalized spacial score (nSPS) is 22.7. The van der Waals surface area contributed by atoms with Gasteiger partial charge in [0.05, 0.1) is 11.5 Å². The summed E-state index contributed by atoms with van der Waals surface area (Å²) in [6.45, 7) is 2.57. The molecule has 6 heteroatoms. The highest BCUT2D eigenvalue weighted by Crippen LogP contribution is 2.10. The molecule has 1 unspecified atom stereocenters. The van der Waals surface area contributed by atoms with Crippen molar-refractivity contribution in [1.82, 2.24) is 10.2 Å². The maximum atomic E-state index is 11.5. The molecule has 1 N–H and O–H groups in total. The van der Waals surface area contributed by atoms with Crippen LogP contribution in [0.4, 0.5) is 0 Å². The molecular weight excluding hydrogens is 280 g/mol. The van der Waals surface area contributed by atoms with E-state index in [2.05, 4.69) is 34.8 Å². The Morgan fingerprint density at radius 2 is 2.32 bits per heavy atom. The van der Waals surface area contributed by atoms with Crippen LogP contribution in [-0.2, 0) is 16.3 Å². The molecule has 1 aliphatic rings. The monoisotopic (exact) mass is 302 g/mol. The minimum Gasteiger partial charge on any atom is -0.312 e. The molecule has 4 nitrogen and oxygen atoms in total. The lowest BCUT2D eigenvalue weighted by Gasteiger charge is -2.25. The Hall–Kier alpha value is -0.430. The number of hydrogen-bond donors (Lipinski definition) is 1. The molecule has 1 fully saturated rings. The zero-order chi connectivity index (χ0) is 13.7. The molecule has 0 spiro atoms. The Morgan fingerprint density at radius 3 is 3.00 bits per heavy atom. The number of thiophene rings is 1. The first-order valence-corrected chi connectivity index (χ1v) is 9.40. The fourth-order valence-electron chi connectivity index (χ4n) is 2.30. The van der Waals surface area contributed by atoms with Crippen LogP contribution in [0.25, 0.3) is 0 Å². The van der Waals surface area contributed by atoms with Crippen LogP contribution in [0, 0.1) is 0 Å². The molecule has 1 atom stereocenters. The predicted octanol–water partition coefficient (Wildman–Crippen LogP) is 0.999. The Bertz CT molecular complexity index is 471. The molecule has 19 heavy (non-hydrogen) atoms. The lowest BCUT2D eigenvalue weighted by molar-refractivity contribution is 0.314. The number of rotatable bonds is 6. The van der Waals surface area contributed by atoms with Crippen molar-refractivity contribution < 1.29 is 8.42 Å². The van der Waals surface area contributed by atoms with E-state index in [1.165, 1.54) is 4.88 Å². The SMILES string of the molecule is CN(CCc1cccs1)CCC1CS(=O)(=O)CCN1. The van der Waals surface area contributed by atoms with Crippen molar-refractivity contribution >= 4 is 21.2 Å². The molecule has 0 aliphatic carbocycles. The van der Waals surface area contributed by atoms with Gasteiger partial charge in [-0.05, 0) is 37.9 Å². The van der Waals surface area contributed by atoms with Gasteiger partial charge in [0.1, 0.15) is 0 Å². The van der Waals surface area contributed by atoms with Crippen molar-refractivity contribution in [2.45, 2.75) is 18.9 Å². The molecule has 0 aromatic carbocycles. The molecule has 2 rings (SSSR count). The molecule has 0 saturated carbocycles. The smallest absolute Gasteiger partial charge is 0.153 e. The Kier molecular flexibility index (Phi) is 5.38. The van der Waals surface area contributed by atoms with E-state index in [1.54, 1.807) is 11.3 Å². The fraction of sp³-hybridized carbons (Fsp3) is 0.692. The van der Waals surface area contributed by atoms with Gasteiger partial charge in [0, 0.05) is 24.0 Å². The van der Waals surface area contributed by atoms with E-state index >= 15 is 0 Å². The third kappa shape index (κ3) is 5.22. The number of nitrogens with zero attached hydrogens (tertiary/aromatic N) is 1. The van der Waals surface area contributed by atoms with Gasteiger partial charge in [-0.25, -0.2) is 8.42 Å². The van der Waals surface area contributed by atoms with Gasteiger partial charge in [-0.2, -0.15) is 0 Å². The summed E-state index contributed by atoms with van der Waals surface area (Å²) in [5.74, 6) is 0.587. The van der Waals surface area contributed by atoms with E-state index in [0.717, 1.165) is 25.9 Å². The lowest BCUT2D eigenvalue weighted by Crippen LogP contribution is -2.46. The molecule has 108 valence electrons. The van der Waals surface area contributed by atoms with Crippen LogP contribution in [0.15, 0.2) is 17.5 Å². The summed E-state index contributed by atoms with van der Waals surface area (Å²) in [4.78, 5) is 3.69. The summed E-state index contributed by atoms with van der Waals surface area (Å²) >= 11 is 1.79. The summed E-state index contributed by atoms with van der Waals surface area (Å²) in [5.41, 5.74) is 0. The van der Waals surface area contributed by atoms with Gasteiger partial charge < -0.3 is 10.2 Å². The molecule has 0 amide bonds.